The number of anilines is 3. The molecular weight excluding hydrogens is 837 g/mol. The molecule has 0 bridgehead atoms. The van der Waals surface area contributed by atoms with Crippen LogP contribution >= 0.6 is 0 Å². The molecule has 0 fully saturated rings. The Kier molecular flexibility index (Phi) is 8.90. The summed E-state index contributed by atoms with van der Waals surface area (Å²) in [5.74, 6) is 0. The van der Waals surface area contributed by atoms with Crippen molar-refractivity contribution in [2.75, 3.05) is 4.90 Å². The molecule has 0 saturated carbocycles. The van der Waals surface area contributed by atoms with Crippen molar-refractivity contribution in [3.05, 3.63) is 255 Å². The van der Waals surface area contributed by atoms with Crippen LogP contribution in [0, 0.1) is 0 Å². The van der Waals surface area contributed by atoms with Crippen LogP contribution < -0.4 is 4.90 Å². The fourth-order valence-electron chi connectivity index (χ4n) is 10.9. The number of para-hydroxylation sites is 3. The minimum atomic E-state index is 0.883. The van der Waals surface area contributed by atoms with Gasteiger partial charge in [0.05, 0.1) is 16.7 Å². The van der Waals surface area contributed by atoms with Gasteiger partial charge in [-0.3, -0.25) is 0 Å². The molecule has 0 N–H and O–H groups in total. The summed E-state index contributed by atoms with van der Waals surface area (Å²) in [6, 6.07) is 92.5. The maximum atomic E-state index is 6.57. The van der Waals surface area contributed by atoms with Crippen LogP contribution in [0.2, 0.25) is 0 Å². The van der Waals surface area contributed by atoms with E-state index in [0.717, 1.165) is 72.3 Å². The third kappa shape index (κ3) is 6.36. The molecule has 14 aromatic rings. The fraction of sp³-hybridized carbons (Fsp3) is 0. The van der Waals surface area contributed by atoms with Crippen molar-refractivity contribution in [1.82, 2.24) is 4.57 Å². The van der Waals surface area contributed by atoms with Gasteiger partial charge in [0.25, 0.3) is 0 Å². The smallest absolute Gasteiger partial charge is 0.143 e. The second-order valence-corrected chi connectivity index (χ2v) is 18.0. The lowest BCUT2D eigenvalue weighted by Crippen LogP contribution is -2.11. The lowest BCUT2D eigenvalue weighted by atomic mass is 9.93. The number of benzene rings is 12. The first kappa shape index (κ1) is 39.0. The number of hydrogen-bond acceptors (Lipinski definition) is 2. The summed E-state index contributed by atoms with van der Waals surface area (Å²) in [7, 11) is 0. The number of aromatic nitrogens is 1. The highest BCUT2D eigenvalue weighted by Crippen LogP contribution is 2.45. The molecule has 0 spiro atoms. The SMILES string of the molecule is c1cc(-c2ccc(N(c3ccc(-c4cc5ccccc5c5ccccc45)cc3)c3ccccc3-c3ccc4oc5c6ccccc6ccc5c4c3)cc2)cc(-n2c3ccccc3c3ccccc32)c1. The van der Waals surface area contributed by atoms with Crippen molar-refractivity contribution >= 4 is 93.1 Å². The topological polar surface area (TPSA) is 21.3 Å². The van der Waals surface area contributed by atoms with Crippen LogP contribution in [0.5, 0.6) is 0 Å². The first-order chi connectivity index (χ1) is 34.2. The summed E-state index contributed by atoms with van der Waals surface area (Å²) in [4.78, 5) is 2.40. The highest BCUT2D eigenvalue weighted by atomic mass is 16.3. The Morgan fingerprint density at radius 1 is 0.304 bits per heavy atom. The summed E-state index contributed by atoms with van der Waals surface area (Å²) in [5.41, 5.74) is 15.5. The molecule has 2 heterocycles. The number of rotatable bonds is 7. The molecule has 12 aromatic carbocycles. The number of fused-ring (bicyclic) bond motifs is 11. The zero-order valence-corrected chi connectivity index (χ0v) is 37.6. The van der Waals surface area contributed by atoms with Crippen molar-refractivity contribution < 1.29 is 4.42 Å². The van der Waals surface area contributed by atoms with E-state index in [1.165, 1.54) is 59.9 Å². The maximum Gasteiger partial charge on any atom is 0.143 e. The van der Waals surface area contributed by atoms with E-state index in [1.54, 1.807) is 0 Å². The first-order valence-corrected chi connectivity index (χ1v) is 23.7. The molecule has 0 radical (unpaired) electrons. The van der Waals surface area contributed by atoms with Crippen molar-refractivity contribution in [3.63, 3.8) is 0 Å². The molecule has 0 aliphatic heterocycles. The Hall–Kier alpha value is -9.18. The van der Waals surface area contributed by atoms with Gasteiger partial charge in [0.1, 0.15) is 11.2 Å². The molecule has 0 saturated heterocycles. The summed E-state index contributed by atoms with van der Waals surface area (Å²) < 4.78 is 8.96. The third-order valence-electron chi connectivity index (χ3n) is 14.2. The van der Waals surface area contributed by atoms with E-state index in [2.05, 4.69) is 264 Å². The van der Waals surface area contributed by atoms with Gasteiger partial charge < -0.3 is 13.9 Å². The van der Waals surface area contributed by atoms with Gasteiger partial charge in [-0.05, 0) is 134 Å². The zero-order chi connectivity index (χ0) is 45.4. The maximum absolute atomic E-state index is 6.57. The van der Waals surface area contributed by atoms with E-state index in [1.807, 2.05) is 0 Å². The Morgan fingerprint density at radius 2 is 0.899 bits per heavy atom. The standard InChI is InChI=1S/C66H42N2O/c1-4-20-54-44(14-1)32-38-59-61-42-48(33-39-65(61)69-66(54)59)53-19-7-10-25-62(53)67(50-36-30-45(31-37-50)60-41-47-15-2-3-18-52(47)55-21-5-6-22-56(55)60)49-34-28-43(29-35-49)46-16-13-17-51(40-46)68-63-26-11-8-23-57(63)58-24-9-12-27-64(58)68/h1-42H. The van der Waals surface area contributed by atoms with E-state index in [-0.39, 0.29) is 0 Å². The van der Waals surface area contributed by atoms with Crippen molar-refractivity contribution in [2.24, 2.45) is 0 Å². The molecule has 3 nitrogen and oxygen atoms in total. The molecule has 0 unspecified atom stereocenters. The van der Waals surface area contributed by atoms with Crippen LogP contribution in [0.4, 0.5) is 17.1 Å². The van der Waals surface area contributed by atoms with Gasteiger partial charge in [0.15, 0.2) is 0 Å². The first-order valence-electron chi connectivity index (χ1n) is 23.7. The van der Waals surface area contributed by atoms with Crippen molar-refractivity contribution in [1.29, 1.82) is 0 Å². The fourth-order valence-corrected chi connectivity index (χ4v) is 10.9. The van der Waals surface area contributed by atoms with Crippen LogP contribution in [-0.4, -0.2) is 4.57 Å². The van der Waals surface area contributed by atoms with E-state index in [9.17, 15) is 0 Å². The lowest BCUT2D eigenvalue weighted by molar-refractivity contribution is 0.672. The Labute approximate surface area is 399 Å². The van der Waals surface area contributed by atoms with E-state index < -0.39 is 0 Å². The molecule has 0 aliphatic carbocycles. The second kappa shape index (κ2) is 15.7. The number of nitrogens with zero attached hydrogens (tertiary/aromatic N) is 2. The molecular formula is C66H42N2O. The van der Waals surface area contributed by atoms with E-state index in [0.29, 0.717) is 0 Å². The van der Waals surface area contributed by atoms with Crippen molar-refractivity contribution in [3.8, 4) is 39.1 Å². The Morgan fingerprint density at radius 3 is 1.65 bits per heavy atom. The Bertz CT molecular complexity index is 4260. The highest BCUT2D eigenvalue weighted by molar-refractivity contribution is 6.16. The predicted octanol–water partition coefficient (Wildman–Crippen LogP) is 18.6. The molecule has 0 amide bonds. The van der Waals surface area contributed by atoms with Crippen LogP contribution in [0.25, 0.3) is 115 Å². The van der Waals surface area contributed by atoms with Gasteiger partial charge in [-0.25, -0.2) is 0 Å². The summed E-state index contributed by atoms with van der Waals surface area (Å²) >= 11 is 0. The third-order valence-corrected chi connectivity index (χ3v) is 14.2. The average Bonchev–Trinajstić information content (AvgIpc) is 3.97. The van der Waals surface area contributed by atoms with E-state index in [4.69, 9.17) is 4.42 Å². The van der Waals surface area contributed by atoms with Crippen LogP contribution in [0.3, 0.4) is 0 Å². The summed E-state index contributed by atoms with van der Waals surface area (Å²) in [6.45, 7) is 0. The lowest BCUT2D eigenvalue weighted by Gasteiger charge is -2.28. The summed E-state index contributed by atoms with van der Waals surface area (Å²) in [6.07, 6.45) is 0. The molecule has 0 aliphatic rings. The van der Waals surface area contributed by atoms with Gasteiger partial charge in [0.2, 0.25) is 0 Å². The number of furan rings is 1. The second-order valence-electron chi connectivity index (χ2n) is 18.0. The van der Waals surface area contributed by atoms with Crippen LogP contribution in [0.15, 0.2) is 259 Å². The molecule has 322 valence electrons. The van der Waals surface area contributed by atoms with Gasteiger partial charge in [0, 0.05) is 49.6 Å². The van der Waals surface area contributed by atoms with Crippen LogP contribution in [-0.2, 0) is 0 Å². The molecule has 69 heavy (non-hydrogen) atoms. The monoisotopic (exact) mass is 878 g/mol. The number of hydrogen-bond donors (Lipinski definition) is 0. The highest BCUT2D eigenvalue weighted by Gasteiger charge is 2.20. The van der Waals surface area contributed by atoms with Gasteiger partial charge in [-0.15, -0.1) is 0 Å². The van der Waals surface area contributed by atoms with Gasteiger partial charge in [-0.1, -0.05) is 176 Å². The van der Waals surface area contributed by atoms with Crippen LogP contribution in [0.1, 0.15) is 0 Å². The minimum Gasteiger partial charge on any atom is -0.455 e. The van der Waals surface area contributed by atoms with Gasteiger partial charge in [-0.2, -0.15) is 0 Å². The average molecular weight is 879 g/mol. The largest absolute Gasteiger partial charge is 0.455 e. The Balaban J connectivity index is 0.902. The minimum absolute atomic E-state index is 0.883. The quantitative estimate of drug-likeness (QED) is 0.149. The van der Waals surface area contributed by atoms with Gasteiger partial charge >= 0.3 is 0 Å². The normalized spacial score (nSPS) is 11.8. The zero-order valence-electron chi connectivity index (χ0n) is 37.6. The molecule has 2 aromatic heterocycles. The molecule has 3 heteroatoms. The summed E-state index contributed by atoms with van der Waals surface area (Å²) in [5, 5.41) is 12.1. The predicted molar refractivity (Wildman–Crippen MR) is 292 cm³/mol. The molecule has 0 atom stereocenters. The van der Waals surface area contributed by atoms with Crippen molar-refractivity contribution in [2.45, 2.75) is 0 Å². The van der Waals surface area contributed by atoms with E-state index >= 15 is 0 Å². The molecule has 14 rings (SSSR count).